The molecule has 2 heterocycles. The van der Waals surface area contributed by atoms with Crippen molar-refractivity contribution >= 4 is 23.5 Å². The van der Waals surface area contributed by atoms with Crippen LogP contribution in [0, 0.1) is 0 Å². The molecular formula is C13H17N3OS. The number of nitrogens with one attached hydrogen (secondary N) is 1. The van der Waals surface area contributed by atoms with Crippen molar-refractivity contribution in [3.05, 3.63) is 24.3 Å². The number of amides is 2. The highest BCUT2D eigenvalue weighted by molar-refractivity contribution is 7.98. The van der Waals surface area contributed by atoms with Crippen molar-refractivity contribution in [2.45, 2.75) is 10.9 Å². The molecule has 0 saturated carbocycles. The van der Waals surface area contributed by atoms with Crippen molar-refractivity contribution in [1.82, 2.24) is 10.2 Å². The van der Waals surface area contributed by atoms with Gasteiger partial charge in [-0.25, -0.2) is 4.79 Å². The maximum atomic E-state index is 12.4. The van der Waals surface area contributed by atoms with Gasteiger partial charge in [0.25, 0.3) is 0 Å². The lowest BCUT2D eigenvalue weighted by molar-refractivity contribution is 0.193. The Hall–Kier alpha value is -1.20. The van der Waals surface area contributed by atoms with E-state index in [0.717, 1.165) is 31.9 Å². The molecule has 0 aliphatic carbocycles. The average molecular weight is 263 g/mol. The van der Waals surface area contributed by atoms with Crippen LogP contribution < -0.4 is 10.2 Å². The van der Waals surface area contributed by atoms with Crippen molar-refractivity contribution in [1.29, 1.82) is 0 Å². The number of piperazine rings is 1. The molecule has 96 valence electrons. The van der Waals surface area contributed by atoms with E-state index in [9.17, 15) is 4.79 Å². The van der Waals surface area contributed by atoms with Crippen LogP contribution in [0.2, 0.25) is 0 Å². The molecule has 5 heteroatoms. The van der Waals surface area contributed by atoms with Gasteiger partial charge in [-0.3, -0.25) is 4.90 Å². The van der Waals surface area contributed by atoms with Gasteiger partial charge < -0.3 is 10.2 Å². The minimum Gasteiger partial charge on any atom is -0.317 e. The predicted octanol–water partition coefficient (Wildman–Crippen LogP) is 1.62. The molecule has 3 rings (SSSR count). The molecule has 1 aromatic rings. The lowest BCUT2D eigenvalue weighted by Crippen LogP contribution is -2.49. The number of carbonyl (C=O) groups is 1. The van der Waals surface area contributed by atoms with Crippen molar-refractivity contribution in [2.75, 3.05) is 37.3 Å². The molecule has 4 nitrogen and oxygen atoms in total. The summed E-state index contributed by atoms with van der Waals surface area (Å²) >= 11 is 1.69. The van der Waals surface area contributed by atoms with Gasteiger partial charge in [-0.2, -0.15) is 0 Å². The number of rotatable bonds is 2. The van der Waals surface area contributed by atoms with Gasteiger partial charge >= 0.3 is 6.03 Å². The summed E-state index contributed by atoms with van der Waals surface area (Å²) in [6, 6.07) is 8.60. The Morgan fingerprint density at radius 3 is 3.00 bits per heavy atom. The summed E-state index contributed by atoms with van der Waals surface area (Å²) in [5.41, 5.74) is 1.05. The number of fused-ring (bicyclic) bond motifs is 1. The molecule has 1 atom stereocenters. The first-order valence-corrected chi connectivity index (χ1v) is 7.45. The monoisotopic (exact) mass is 263 g/mol. The van der Waals surface area contributed by atoms with E-state index in [2.05, 4.69) is 11.4 Å². The van der Waals surface area contributed by atoms with Crippen molar-refractivity contribution in [3.63, 3.8) is 0 Å². The summed E-state index contributed by atoms with van der Waals surface area (Å²) in [4.78, 5) is 17.5. The molecule has 2 aliphatic rings. The Morgan fingerprint density at radius 1 is 1.39 bits per heavy atom. The topological polar surface area (TPSA) is 35.6 Å². The van der Waals surface area contributed by atoms with Crippen LogP contribution in [0.5, 0.6) is 0 Å². The number of nitrogens with zero attached hydrogens (tertiary/aromatic N) is 2. The molecule has 1 unspecified atom stereocenters. The van der Waals surface area contributed by atoms with Crippen LogP contribution in [0.25, 0.3) is 0 Å². The smallest absolute Gasteiger partial charge is 0.317 e. The standard InChI is InChI=1S/C13H17N3OS/c1-18-12-5-3-2-4-11(12)16-9-10-8-14-6-7-15(10)13(16)17/h2-5,10,14H,6-9H2,1H3. The average Bonchev–Trinajstić information content (AvgIpc) is 2.76. The highest BCUT2D eigenvalue weighted by Gasteiger charge is 2.39. The van der Waals surface area contributed by atoms with Gasteiger partial charge in [-0.05, 0) is 18.4 Å². The number of thioether (sulfide) groups is 1. The van der Waals surface area contributed by atoms with Gasteiger partial charge in [0, 0.05) is 31.1 Å². The number of benzene rings is 1. The number of hydrogen-bond donors (Lipinski definition) is 1. The van der Waals surface area contributed by atoms with Crippen LogP contribution in [0.1, 0.15) is 0 Å². The zero-order chi connectivity index (χ0) is 12.5. The summed E-state index contributed by atoms with van der Waals surface area (Å²) in [7, 11) is 0. The fraction of sp³-hybridized carbons (Fsp3) is 0.462. The van der Waals surface area contributed by atoms with Gasteiger partial charge in [0.2, 0.25) is 0 Å². The molecule has 0 radical (unpaired) electrons. The van der Waals surface area contributed by atoms with E-state index in [0.29, 0.717) is 6.04 Å². The second kappa shape index (κ2) is 4.82. The van der Waals surface area contributed by atoms with E-state index in [1.807, 2.05) is 34.3 Å². The first-order chi connectivity index (χ1) is 8.81. The van der Waals surface area contributed by atoms with Crippen molar-refractivity contribution in [2.24, 2.45) is 0 Å². The summed E-state index contributed by atoms with van der Waals surface area (Å²) in [5, 5.41) is 3.35. The summed E-state index contributed by atoms with van der Waals surface area (Å²) in [5.74, 6) is 0. The zero-order valence-corrected chi connectivity index (χ0v) is 11.2. The van der Waals surface area contributed by atoms with Gasteiger partial charge in [0.05, 0.1) is 11.7 Å². The fourth-order valence-electron chi connectivity index (χ4n) is 2.67. The number of para-hydroxylation sites is 1. The maximum Gasteiger partial charge on any atom is 0.324 e. The van der Waals surface area contributed by atoms with E-state index in [-0.39, 0.29) is 6.03 Å². The van der Waals surface area contributed by atoms with Crippen LogP contribution >= 0.6 is 11.8 Å². The lowest BCUT2D eigenvalue weighted by atomic mass is 10.2. The summed E-state index contributed by atoms with van der Waals surface area (Å²) in [6.45, 7) is 3.43. The van der Waals surface area contributed by atoms with Crippen LogP contribution in [-0.4, -0.2) is 49.4 Å². The number of anilines is 1. The first-order valence-electron chi connectivity index (χ1n) is 6.23. The molecule has 2 fully saturated rings. The molecule has 1 N–H and O–H groups in total. The number of hydrogen-bond acceptors (Lipinski definition) is 3. The molecule has 18 heavy (non-hydrogen) atoms. The van der Waals surface area contributed by atoms with E-state index < -0.39 is 0 Å². The normalized spacial score (nSPS) is 23.4. The van der Waals surface area contributed by atoms with Crippen molar-refractivity contribution < 1.29 is 4.79 Å². The Bertz CT molecular complexity index is 465. The van der Waals surface area contributed by atoms with E-state index in [1.54, 1.807) is 11.8 Å². The Labute approximate surface area is 111 Å². The summed E-state index contributed by atoms with van der Waals surface area (Å²) < 4.78 is 0. The minimum absolute atomic E-state index is 0.156. The zero-order valence-electron chi connectivity index (χ0n) is 10.4. The SMILES string of the molecule is CSc1ccccc1N1CC2CNCCN2C1=O. The fourth-order valence-corrected chi connectivity index (χ4v) is 3.28. The third kappa shape index (κ3) is 1.87. The largest absolute Gasteiger partial charge is 0.324 e. The molecule has 0 bridgehead atoms. The third-order valence-electron chi connectivity index (χ3n) is 3.60. The Balaban J connectivity index is 1.91. The van der Waals surface area contributed by atoms with Crippen LogP contribution in [0.3, 0.4) is 0 Å². The molecule has 0 aromatic heterocycles. The highest BCUT2D eigenvalue weighted by Crippen LogP contribution is 2.32. The second-order valence-corrected chi connectivity index (χ2v) is 5.46. The van der Waals surface area contributed by atoms with E-state index >= 15 is 0 Å². The maximum absolute atomic E-state index is 12.4. The van der Waals surface area contributed by atoms with E-state index in [4.69, 9.17) is 0 Å². The van der Waals surface area contributed by atoms with Crippen molar-refractivity contribution in [3.8, 4) is 0 Å². The Kier molecular flexibility index (Phi) is 3.18. The summed E-state index contributed by atoms with van der Waals surface area (Å²) in [6.07, 6.45) is 2.05. The third-order valence-corrected chi connectivity index (χ3v) is 4.38. The lowest BCUT2D eigenvalue weighted by Gasteiger charge is -2.28. The number of urea groups is 1. The predicted molar refractivity (Wildman–Crippen MR) is 74.3 cm³/mol. The number of carbonyl (C=O) groups excluding carboxylic acids is 1. The highest BCUT2D eigenvalue weighted by atomic mass is 32.2. The Morgan fingerprint density at radius 2 is 2.22 bits per heavy atom. The first kappa shape index (κ1) is 11.9. The molecule has 0 spiro atoms. The molecule has 2 aliphatic heterocycles. The minimum atomic E-state index is 0.156. The van der Waals surface area contributed by atoms with Crippen LogP contribution in [0.15, 0.2) is 29.2 Å². The molecule has 2 amide bonds. The van der Waals surface area contributed by atoms with E-state index in [1.165, 1.54) is 4.90 Å². The molecule has 2 saturated heterocycles. The second-order valence-electron chi connectivity index (χ2n) is 4.62. The quantitative estimate of drug-likeness (QED) is 0.824. The molecule has 1 aromatic carbocycles. The van der Waals surface area contributed by atoms with Gasteiger partial charge in [-0.1, -0.05) is 12.1 Å². The van der Waals surface area contributed by atoms with Gasteiger partial charge in [-0.15, -0.1) is 11.8 Å². The van der Waals surface area contributed by atoms with Gasteiger partial charge in [0.15, 0.2) is 0 Å². The van der Waals surface area contributed by atoms with Gasteiger partial charge in [0.1, 0.15) is 0 Å². The molecular weight excluding hydrogens is 246 g/mol. The van der Waals surface area contributed by atoms with Crippen LogP contribution in [-0.2, 0) is 0 Å². The van der Waals surface area contributed by atoms with Crippen LogP contribution in [0.4, 0.5) is 10.5 Å².